The highest BCUT2D eigenvalue weighted by molar-refractivity contribution is 6.06. The predicted octanol–water partition coefficient (Wildman–Crippen LogP) is 1.36. The Morgan fingerprint density at radius 1 is 1.11 bits per heavy atom. The van der Waals surface area contributed by atoms with Gasteiger partial charge < -0.3 is 14.0 Å². The molecule has 1 aromatic carbocycles. The van der Waals surface area contributed by atoms with E-state index < -0.39 is 11.9 Å². The first-order valence-corrected chi connectivity index (χ1v) is 7.73. The summed E-state index contributed by atoms with van der Waals surface area (Å²) in [7, 11) is 3.98. The molecule has 0 saturated carbocycles. The Bertz CT molecular complexity index is 1010. The Hall–Kier alpha value is -3.82. The fourth-order valence-electron chi connectivity index (χ4n) is 2.39. The van der Waals surface area contributed by atoms with E-state index in [0.717, 1.165) is 0 Å². The van der Waals surface area contributed by atoms with Gasteiger partial charge in [0.2, 0.25) is 0 Å². The van der Waals surface area contributed by atoms with Crippen LogP contribution in [0, 0.1) is 0 Å². The molecule has 0 fully saturated rings. The van der Waals surface area contributed by atoms with Crippen LogP contribution in [0.3, 0.4) is 0 Å². The van der Waals surface area contributed by atoms with Crippen molar-refractivity contribution < 1.29 is 23.6 Å². The number of nitrogens with zero attached hydrogens (tertiary/aromatic N) is 5. The van der Waals surface area contributed by atoms with Crippen LogP contribution in [0.5, 0.6) is 0 Å². The van der Waals surface area contributed by atoms with E-state index in [9.17, 15) is 9.59 Å². The molecule has 0 spiro atoms. The Morgan fingerprint density at radius 3 is 2.41 bits per heavy atom. The van der Waals surface area contributed by atoms with Crippen molar-refractivity contribution in [1.82, 2.24) is 25.4 Å². The predicted molar refractivity (Wildman–Crippen MR) is 91.4 cm³/mol. The van der Waals surface area contributed by atoms with Gasteiger partial charge in [0.15, 0.2) is 5.82 Å². The van der Waals surface area contributed by atoms with E-state index in [0.29, 0.717) is 11.1 Å². The van der Waals surface area contributed by atoms with Gasteiger partial charge in [-0.3, -0.25) is 0 Å². The van der Waals surface area contributed by atoms with Crippen LogP contribution < -0.4 is 0 Å². The summed E-state index contributed by atoms with van der Waals surface area (Å²) >= 11 is 0. The summed E-state index contributed by atoms with van der Waals surface area (Å²) in [5.41, 5.74) is 1.09. The van der Waals surface area contributed by atoms with Gasteiger partial charge in [0, 0.05) is 5.57 Å². The number of hydrogen-bond donors (Lipinski definition) is 0. The lowest BCUT2D eigenvalue weighted by molar-refractivity contribution is 0.0521. The topological polar surface area (TPSA) is 122 Å². The Labute approximate surface area is 153 Å². The van der Waals surface area contributed by atoms with Crippen LogP contribution in [-0.2, 0) is 16.5 Å². The number of hydrogen-bond acceptors (Lipinski definition) is 9. The highest BCUT2D eigenvalue weighted by Gasteiger charge is 2.31. The molecule has 0 unspecified atom stereocenters. The van der Waals surface area contributed by atoms with Crippen molar-refractivity contribution >= 4 is 23.6 Å². The summed E-state index contributed by atoms with van der Waals surface area (Å²) < 4.78 is 14.5. The molecule has 2 aromatic heterocycles. The van der Waals surface area contributed by atoms with Gasteiger partial charge >= 0.3 is 11.9 Å². The second-order valence-corrected chi connectivity index (χ2v) is 5.28. The zero-order valence-electron chi connectivity index (χ0n) is 14.7. The van der Waals surface area contributed by atoms with E-state index in [2.05, 4.69) is 25.3 Å². The molecule has 0 N–H and O–H groups in total. The minimum absolute atomic E-state index is 0.0981. The molecule has 0 aliphatic heterocycles. The average molecular weight is 369 g/mol. The van der Waals surface area contributed by atoms with E-state index in [-0.39, 0.29) is 22.8 Å². The van der Waals surface area contributed by atoms with Gasteiger partial charge in [-0.05, 0) is 16.9 Å². The van der Waals surface area contributed by atoms with Gasteiger partial charge in [-0.1, -0.05) is 35.5 Å². The molecular formula is C17H15N5O5. The number of methoxy groups -OCH3 is 2. The number of aromatic nitrogens is 5. The molecule has 0 atom stereocenters. The van der Waals surface area contributed by atoms with E-state index in [4.69, 9.17) is 9.26 Å². The maximum atomic E-state index is 12.3. The van der Waals surface area contributed by atoms with Gasteiger partial charge in [0.1, 0.15) is 11.3 Å². The highest BCUT2D eigenvalue weighted by atomic mass is 16.6. The molecule has 0 aliphatic rings. The van der Waals surface area contributed by atoms with Gasteiger partial charge in [-0.15, -0.1) is 10.2 Å². The number of aryl methyl sites for hydroxylation is 1. The fraction of sp³-hybridized carbons (Fsp3) is 0.176. The molecule has 0 saturated heterocycles. The second-order valence-electron chi connectivity index (χ2n) is 5.28. The van der Waals surface area contributed by atoms with Crippen LogP contribution in [0.4, 0.5) is 0 Å². The smallest absolute Gasteiger partial charge is 0.377 e. The van der Waals surface area contributed by atoms with Crippen LogP contribution in [0.15, 0.2) is 34.9 Å². The lowest BCUT2D eigenvalue weighted by atomic mass is 9.98. The van der Waals surface area contributed by atoms with Crippen molar-refractivity contribution in [2.75, 3.05) is 14.2 Å². The molecule has 2 heterocycles. The molecule has 3 rings (SSSR count). The third-order valence-electron chi connectivity index (χ3n) is 3.59. The molecule has 3 aromatic rings. The molecular weight excluding hydrogens is 354 g/mol. The number of esters is 2. The molecule has 0 bridgehead atoms. The van der Waals surface area contributed by atoms with Crippen LogP contribution in [0.2, 0.25) is 0 Å². The van der Waals surface area contributed by atoms with Gasteiger partial charge in [-0.2, -0.15) is 4.80 Å². The summed E-state index contributed by atoms with van der Waals surface area (Å²) in [5, 5.41) is 15.7. The fourth-order valence-corrected chi connectivity index (χ4v) is 2.39. The van der Waals surface area contributed by atoms with Crippen LogP contribution in [-0.4, -0.2) is 51.5 Å². The Morgan fingerprint density at radius 2 is 1.81 bits per heavy atom. The van der Waals surface area contributed by atoms with Crippen molar-refractivity contribution in [3.63, 3.8) is 0 Å². The summed E-state index contributed by atoms with van der Waals surface area (Å²) in [6, 6.07) is 9.07. The van der Waals surface area contributed by atoms with Crippen molar-refractivity contribution in [3.8, 4) is 0 Å². The molecule has 0 radical (unpaired) electrons. The van der Waals surface area contributed by atoms with Gasteiger partial charge in [0.05, 0.1) is 21.3 Å². The molecule has 10 heteroatoms. The zero-order chi connectivity index (χ0) is 19.4. The SMILES string of the molecule is COC(=O)c1onc(/C(=C/c2nnn(C)n2)c2ccccc2)c1C(=O)OC. The van der Waals surface area contributed by atoms with E-state index in [1.165, 1.54) is 19.0 Å². The van der Waals surface area contributed by atoms with Crippen LogP contribution in [0.25, 0.3) is 11.6 Å². The maximum absolute atomic E-state index is 12.3. The van der Waals surface area contributed by atoms with Crippen molar-refractivity contribution in [1.29, 1.82) is 0 Å². The number of carbonyl (C=O) groups excluding carboxylic acids is 2. The minimum atomic E-state index is -0.848. The zero-order valence-corrected chi connectivity index (χ0v) is 14.7. The number of rotatable bonds is 5. The molecule has 0 amide bonds. The number of benzene rings is 1. The first-order valence-electron chi connectivity index (χ1n) is 7.73. The maximum Gasteiger partial charge on any atom is 0.377 e. The Kier molecular flexibility index (Phi) is 5.06. The van der Waals surface area contributed by atoms with Crippen molar-refractivity contribution in [2.45, 2.75) is 0 Å². The third kappa shape index (κ3) is 3.59. The summed E-state index contributed by atoms with van der Waals surface area (Å²) in [6.07, 6.45) is 1.58. The van der Waals surface area contributed by atoms with E-state index in [1.807, 2.05) is 18.2 Å². The van der Waals surface area contributed by atoms with Crippen LogP contribution in [0.1, 0.15) is 38.0 Å². The lowest BCUT2D eigenvalue weighted by Gasteiger charge is -2.06. The molecule has 0 aliphatic carbocycles. The van der Waals surface area contributed by atoms with E-state index in [1.54, 1.807) is 25.3 Å². The minimum Gasteiger partial charge on any atom is -0.465 e. The second kappa shape index (κ2) is 7.60. The molecule has 10 nitrogen and oxygen atoms in total. The average Bonchev–Trinajstić information content (AvgIpc) is 3.31. The normalized spacial score (nSPS) is 11.3. The van der Waals surface area contributed by atoms with E-state index >= 15 is 0 Å². The quantitative estimate of drug-likeness (QED) is 0.613. The van der Waals surface area contributed by atoms with Crippen molar-refractivity contribution in [3.05, 3.63) is 58.7 Å². The third-order valence-corrected chi connectivity index (χ3v) is 3.59. The first-order chi connectivity index (χ1) is 13.0. The summed E-state index contributed by atoms with van der Waals surface area (Å²) in [6.45, 7) is 0. The van der Waals surface area contributed by atoms with Crippen LogP contribution >= 0.6 is 0 Å². The number of carbonyl (C=O) groups is 2. The lowest BCUT2D eigenvalue weighted by Crippen LogP contribution is -2.11. The van der Waals surface area contributed by atoms with Gasteiger partial charge in [0.25, 0.3) is 5.76 Å². The van der Waals surface area contributed by atoms with Gasteiger partial charge in [-0.25, -0.2) is 9.59 Å². The number of ether oxygens (including phenoxy) is 2. The largest absolute Gasteiger partial charge is 0.465 e. The molecule has 138 valence electrons. The standard InChI is InChI=1S/C17H15N5O5/c1-22-19-12(18-21-22)9-11(10-7-5-4-6-8-10)14-13(16(23)25-2)15(27-20-14)17(24)26-3/h4-9H,1-3H3/b11-9+. The molecule has 27 heavy (non-hydrogen) atoms. The summed E-state index contributed by atoms with van der Waals surface area (Å²) in [5.74, 6) is -1.71. The Balaban J connectivity index is 2.24. The van der Waals surface area contributed by atoms with Crippen molar-refractivity contribution in [2.24, 2.45) is 7.05 Å². The summed E-state index contributed by atoms with van der Waals surface area (Å²) in [4.78, 5) is 25.6. The first kappa shape index (κ1) is 18.0. The highest BCUT2D eigenvalue weighted by Crippen LogP contribution is 2.30. The number of tetrazole rings is 1. The monoisotopic (exact) mass is 369 g/mol.